The van der Waals surface area contributed by atoms with E-state index in [9.17, 15) is 8.42 Å². The summed E-state index contributed by atoms with van der Waals surface area (Å²) in [6, 6.07) is 8.21. The zero-order valence-electron chi connectivity index (χ0n) is 9.17. The van der Waals surface area contributed by atoms with Crippen molar-refractivity contribution < 1.29 is 12.6 Å². The predicted octanol–water partition coefficient (Wildman–Crippen LogP) is 1.34. The topological polar surface area (TPSA) is 95.4 Å². The van der Waals surface area contributed by atoms with Crippen molar-refractivity contribution in [3.63, 3.8) is 0 Å². The van der Waals surface area contributed by atoms with Crippen LogP contribution in [0, 0.1) is 0 Å². The van der Waals surface area contributed by atoms with Crippen molar-refractivity contribution in [3.05, 3.63) is 30.3 Å². The Morgan fingerprint density at radius 1 is 1.00 bits per heavy atom. The molecule has 0 heterocycles. The number of rotatable bonds is 2. The van der Waals surface area contributed by atoms with Crippen LogP contribution in [0.2, 0.25) is 0 Å². The highest BCUT2D eigenvalue weighted by Crippen LogP contribution is 2.32. The fourth-order valence-corrected chi connectivity index (χ4v) is 2.70. The number of benzene rings is 2. The summed E-state index contributed by atoms with van der Waals surface area (Å²) in [5.41, 5.74) is 12.1. The third-order valence-corrected chi connectivity index (χ3v) is 3.94. The van der Waals surface area contributed by atoms with Gasteiger partial charge in [-0.25, -0.2) is 0 Å². The van der Waals surface area contributed by atoms with Crippen molar-refractivity contribution in [2.75, 3.05) is 18.6 Å². The van der Waals surface area contributed by atoms with Crippen LogP contribution in [0.15, 0.2) is 35.2 Å². The number of hydrogen-bond acceptors (Lipinski definition) is 5. The molecule has 90 valence electrons. The Hall–Kier alpha value is -1.79. The molecule has 6 heteroatoms. The molecule has 0 amide bonds. The summed E-state index contributed by atoms with van der Waals surface area (Å²) < 4.78 is 28.1. The van der Waals surface area contributed by atoms with E-state index in [1.54, 1.807) is 24.3 Å². The van der Waals surface area contributed by atoms with Gasteiger partial charge in [-0.1, -0.05) is 18.2 Å². The molecule has 17 heavy (non-hydrogen) atoms. The number of hydrogen-bond donors (Lipinski definition) is 2. The lowest BCUT2D eigenvalue weighted by molar-refractivity contribution is 0.399. The molecule has 0 bridgehead atoms. The van der Waals surface area contributed by atoms with Crippen molar-refractivity contribution in [2.45, 2.75) is 4.90 Å². The van der Waals surface area contributed by atoms with E-state index in [1.807, 2.05) is 0 Å². The lowest BCUT2D eigenvalue weighted by Crippen LogP contribution is -2.07. The fourth-order valence-electron chi connectivity index (χ4n) is 1.73. The first kappa shape index (κ1) is 11.7. The zero-order chi connectivity index (χ0) is 12.6. The second-order valence-electron chi connectivity index (χ2n) is 3.55. The first-order valence-electron chi connectivity index (χ1n) is 4.84. The molecule has 0 radical (unpaired) electrons. The lowest BCUT2D eigenvalue weighted by Gasteiger charge is -2.10. The highest BCUT2D eigenvalue weighted by atomic mass is 32.2. The molecule has 0 atom stereocenters. The standard InChI is InChI=1S/C11H12N2O3S/c1-16-17(14,15)11-8-3-2-4-9(12)7(8)5-6-10(11)13/h2-6H,12-13H2,1H3. The van der Waals surface area contributed by atoms with E-state index in [4.69, 9.17) is 11.5 Å². The van der Waals surface area contributed by atoms with Gasteiger partial charge in [-0.3, -0.25) is 4.18 Å². The minimum absolute atomic E-state index is 0.0372. The Labute approximate surface area is 99.1 Å². The van der Waals surface area contributed by atoms with E-state index in [2.05, 4.69) is 4.18 Å². The molecule has 2 rings (SSSR count). The molecular weight excluding hydrogens is 240 g/mol. The van der Waals surface area contributed by atoms with E-state index in [1.165, 1.54) is 6.07 Å². The van der Waals surface area contributed by atoms with Crippen LogP contribution in [0.3, 0.4) is 0 Å². The molecule has 2 aromatic carbocycles. The van der Waals surface area contributed by atoms with Crippen LogP contribution in [0.4, 0.5) is 11.4 Å². The molecule has 0 aliphatic carbocycles. The summed E-state index contributed by atoms with van der Waals surface area (Å²) in [6.07, 6.45) is 0. The summed E-state index contributed by atoms with van der Waals surface area (Å²) >= 11 is 0. The minimum atomic E-state index is -3.85. The number of nitrogens with two attached hydrogens (primary N) is 2. The Balaban J connectivity index is 2.97. The third kappa shape index (κ3) is 1.81. The van der Waals surface area contributed by atoms with Gasteiger partial charge in [0.15, 0.2) is 0 Å². The van der Waals surface area contributed by atoms with Gasteiger partial charge in [-0.2, -0.15) is 8.42 Å². The van der Waals surface area contributed by atoms with Gasteiger partial charge < -0.3 is 11.5 Å². The Kier molecular flexibility index (Phi) is 2.68. The molecule has 0 saturated heterocycles. The van der Waals surface area contributed by atoms with Crippen LogP contribution in [-0.2, 0) is 14.3 Å². The monoisotopic (exact) mass is 252 g/mol. The summed E-state index contributed by atoms with van der Waals surface area (Å²) in [6.45, 7) is 0. The highest BCUT2D eigenvalue weighted by Gasteiger charge is 2.20. The van der Waals surface area contributed by atoms with Crippen LogP contribution in [0.5, 0.6) is 0 Å². The first-order chi connectivity index (χ1) is 7.97. The molecule has 0 aliphatic rings. The van der Waals surface area contributed by atoms with Crippen LogP contribution in [0.25, 0.3) is 10.8 Å². The first-order valence-corrected chi connectivity index (χ1v) is 6.25. The van der Waals surface area contributed by atoms with Crippen molar-refractivity contribution in [1.29, 1.82) is 0 Å². The van der Waals surface area contributed by atoms with Crippen LogP contribution in [-0.4, -0.2) is 15.5 Å². The SMILES string of the molecule is COS(=O)(=O)c1c(N)ccc2c(N)cccc12. The number of fused-ring (bicyclic) bond motifs is 1. The molecule has 0 fully saturated rings. The van der Waals surface area contributed by atoms with E-state index >= 15 is 0 Å². The minimum Gasteiger partial charge on any atom is -0.398 e. The van der Waals surface area contributed by atoms with Gasteiger partial charge in [0.25, 0.3) is 10.1 Å². The quantitative estimate of drug-likeness (QED) is 0.621. The summed E-state index contributed by atoms with van der Waals surface area (Å²) in [4.78, 5) is -0.0372. The molecule has 5 nitrogen and oxygen atoms in total. The summed E-state index contributed by atoms with van der Waals surface area (Å²) in [5, 5.41) is 1.10. The van der Waals surface area contributed by atoms with E-state index in [0.29, 0.717) is 16.5 Å². The molecule has 0 spiro atoms. The van der Waals surface area contributed by atoms with E-state index in [0.717, 1.165) is 7.11 Å². The molecule has 0 saturated carbocycles. The molecular formula is C11H12N2O3S. The average Bonchev–Trinajstić information content (AvgIpc) is 2.28. The molecule has 4 N–H and O–H groups in total. The number of anilines is 2. The van der Waals surface area contributed by atoms with Gasteiger partial charge in [-0.05, 0) is 12.1 Å². The van der Waals surface area contributed by atoms with Crippen LogP contribution in [0.1, 0.15) is 0 Å². The summed E-state index contributed by atoms with van der Waals surface area (Å²) in [7, 11) is -2.76. The van der Waals surface area contributed by atoms with Crippen molar-refractivity contribution in [3.8, 4) is 0 Å². The third-order valence-electron chi connectivity index (χ3n) is 2.55. The van der Waals surface area contributed by atoms with Crippen molar-refractivity contribution in [1.82, 2.24) is 0 Å². The van der Waals surface area contributed by atoms with Crippen molar-refractivity contribution >= 4 is 32.3 Å². The zero-order valence-corrected chi connectivity index (χ0v) is 9.99. The number of nitrogen functional groups attached to an aromatic ring is 2. The van der Waals surface area contributed by atoms with Gasteiger partial charge in [0, 0.05) is 16.5 Å². The maximum atomic E-state index is 11.8. The molecule has 2 aromatic rings. The maximum absolute atomic E-state index is 11.8. The normalized spacial score (nSPS) is 11.8. The Bertz CT molecular complexity index is 680. The fraction of sp³-hybridized carbons (Fsp3) is 0.0909. The van der Waals surface area contributed by atoms with E-state index < -0.39 is 10.1 Å². The van der Waals surface area contributed by atoms with Crippen molar-refractivity contribution in [2.24, 2.45) is 0 Å². The predicted molar refractivity (Wildman–Crippen MR) is 67.0 cm³/mol. The van der Waals surface area contributed by atoms with Crippen LogP contribution >= 0.6 is 0 Å². The molecule has 0 aromatic heterocycles. The molecule has 0 aliphatic heterocycles. The van der Waals surface area contributed by atoms with Gasteiger partial charge in [0.05, 0.1) is 12.8 Å². The van der Waals surface area contributed by atoms with E-state index in [-0.39, 0.29) is 10.6 Å². The maximum Gasteiger partial charge on any atom is 0.299 e. The largest absolute Gasteiger partial charge is 0.398 e. The molecule has 0 unspecified atom stereocenters. The van der Waals surface area contributed by atoms with Gasteiger partial charge in [-0.15, -0.1) is 0 Å². The smallest absolute Gasteiger partial charge is 0.299 e. The lowest BCUT2D eigenvalue weighted by atomic mass is 10.1. The second-order valence-corrected chi connectivity index (χ2v) is 5.20. The highest BCUT2D eigenvalue weighted by molar-refractivity contribution is 7.87. The Morgan fingerprint density at radius 2 is 1.71 bits per heavy atom. The van der Waals surface area contributed by atoms with Crippen LogP contribution < -0.4 is 11.5 Å². The second kappa shape index (κ2) is 3.90. The van der Waals surface area contributed by atoms with Gasteiger partial charge >= 0.3 is 0 Å². The van der Waals surface area contributed by atoms with Gasteiger partial charge in [0.1, 0.15) is 4.90 Å². The average molecular weight is 252 g/mol. The Morgan fingerprint density at radius 3 is 2.35 bits per heavy atom. The van der Waals surface area contributed by atoms with Gasteiger partial charge in [0.2, 0.25) is 0 Å². The summed E-state index contributed by atoms with van der Waals surface area (Å²) in [5.74, 6) is 0.